The summed E-state index contributed by atoms with van der Waals surface area (Å²) in [6.07, 6.45) is -0.428. The van der Waals surface area contributed by atoms with Crippen LogP contribution in [0.3, 0.4) is 0 Å². The van der Waals surface area contributed by atoms with E-state index >= 15 is 0 Å². The fourth-order valence-corrected chi connectivity index (χ4v) is 3.16. The van der Waals surface area contributed by atoms with Gasteiger partial charge in [0.2, 0.25) is 0 Å². The van der Waals surface area contributed by atoms with Crippen molar-refractivity contribution in [2.75, 3.05) is 0 Å². The lowest BCUT2D eigenvalue weighted by Crippen LogP contribution is -2.45. The van der Waals surface area contributed by atoms with E-state index in [9.17, 15) is 13.2 Å². The summed E-state index contributed by atoms with van der Waals surface area (Å²) in [5.41, 5.74) is 2.68. The van der Waals surface area contributed by atoms with E-state index in [0.29, 0.717) is 19.4 Å². The van der Waals surface area contributed by atoms with Crippen LogP contribution in [0.25, 0.3) is 0 Å². The van der Waals surface area contributed by atoms with Crippen LogP contribution in [0.2, 0.25) is 0 Å². The number of aromatic nitrogens is 3. The number of rotatable bonds is 5. The van der Waals surface area contributed by atoms with Crippen molar-refractivity contribution in [3.05, 3.63) is 12.2 Å². The normalized spacial score (nSPS) is 25.0. The fraction of sp³-hybridized carbons (Fsp3) is 0.846. The summed E-state index contributed by atoms with van der Waals surface area (Å²) in [6, 6.07) is -0.204. The van der Waals surface area contributed by atoms with Crippen molar-refractivity contribution in [3.8, 4) is 0 Å². The molecule has 0 saturated heterocycles. The van der Waals surface area contributed by atoms with Crippen LogP contribution in [0.4, 0.5) is 13.2 Å². The van der Waals surface area contributed by atoms with Gasteiger partial charge in [-0.2, -0.15) is 18.3 Å². The first kappa shape index (κ1) is 16.2. The average molecular weight is 305 g/mol. The van der Waals surface area contributed by atoms with Crippen molar-refractivity contribution in [2.45, 2.75) is 57.8 Å². The van der Waals surface area contributed by atoms with Crippen LogP contribution in [0.1, 0.15) is 38.4 Å². The highest BCUT2D eigenvalue weighted by atomic mass is 19.4. The minimum Gasteiger partial charge on any atom is -0.271 e. The molecule has 0 aliphatic heterocycles. The van der Waals surface area contributed by atoms with Crippen molar-refractivity contribution in [1.29, 1.82) is 0 Å². The van der Waals surface area contributed by atoms with E-state index < -0.39 is 12.1 Å². The Balaban J connectivity index is 2.03. The van der Waals surface area contributed by atoms with E-state index in [-0.39, 0.29) is 24.8 Å². The van der Waals surface area contributed by atoms with Gasteiger partial charge in [0.25, 0.3) is 0 Å². The van der Waals surface area contributed by atoms with E-state index in [4.69, 9.17) is 5.84 Å². The zero-order valence-corrected chi connectivity index (χ0v) is 12.1. The van der Waals surface area contributed by atoms with Gasteiger partial charge in [-0.25, -0.2) is 4.98 Å². The monoisotopic (exact) mass is 305 g/mol. The molecule has 1 aromatic heterocycles. The molecule has 3 atom stereocenters. The first-order valence-corrected chi connectivity index (χ1v) is 7.35. The molecular weight excluding hydrogens is 283 g/mol. The molecule has 0 bridgehead atoms. The summed E-state index contributed by atoms with van der Waals surface area (Å²) in [6.45, 7) is 2.63. The minimum absolute atomic E-state index is 0.0858. The molecule has 1 aromatic rings. The van der Waals surface area contributed by atoms with Crippen molar-refractivity contribution < 1.29 is 13.2 Å². The standard InChI is InChI=1S/C13H22F3N5/c1-2-21-12(18-8-19-21)7-11(20-17)9-4-3-5-10(6-9)13(14,15)16/h8-11,20H,2-7,17H2,1H3. The van der Waals surface area contributed by atoms with E-state index in [1.165, 1.54) is 6.33 Å². The third-order valence-corrected chi connectivity index (χ3v) is 4.36. The molecule has 5 nitrogen and oxygen atoms in total. The Morgan fingerprint density at radius 1 is 1.48 bits per heavy atom. The molecule has 0 spiro atoms. The van der Waals surface area contributed by atoms with Crippen LogP contribution < -0.4 is 11.3 Å². The Morgan fingerprint density at radius 2 is 2.24 bits per heavy atom. The van der Waals surface area contributed by atoms with E-state index in [0.717, 1.165) is 12.2 Å². The predicted molar refractivity (Wildman–Crippen MR) is 72.0 cm³/mol. The lowest BCUT2D eigenvalue weighted by atomic mass is 9.77. The maximum Gasteiger partial charge on any atom is 0.391 e. The van der Waals surface area contributed by atoms with Gasteiger partial charge in [-0.1, -0.05) is 6.42 Å². The average Bonchev–Trinajstić information content (AvgIpc) is 2.91. The molecule has 8 heteroatoms. The first-order valence-electron chi connectivity index (χ1n) is 7.35. The highest BCUT2D eigenvalue weighted by molar-refractivity contribution is 4.93. The van der Waals surface area contributed by atoms with Crippen molar-refractivity contribution in [2.24, 2.45) is 17.7 Å². The summed E-state index contributed by atoms with van der Waals surface area (Å²) < 4.78 is 40.4. The van der Waals surface area contributed by atoms with Gasteiger partial charge < -0.3 is 0 Å². The number of hydrogen-bond acceptors (Lipinski definition) is 4. The number of hydrazine groups is 1. The first-order chi connectivity index (χ1) is 9.95. The van der Waals surface area contributed by atoms with Crippen LogP contribution in [0.5, 0.6) is 0 Å². The van der Waals surface area contributed by atoms with Crippen molar-refractivity contribution in [3.63, 3.8) is 0 Å². The quantitative estimate of drug-likeness (QED) is 0.645. The van der Waals surface area contributed by atoms with Gasteiger partial charge >= 0.3 is 6.18 Å². The lowest BCUT2D eigenvalue weighted by molar-refractivity contribution is -0.186. The smallest absolute Gasteiger partial charge is 0.271 e. The molecule has 0 aromatic carbocycles. The van der Waals surface area contributed by atoms with Crippen LogP contribution in [0, 0.1) is 11.8 Å². The third kappa shape index (κ3) is 3.94. The maximum atomic E-state index is 12.9. The molecule has 3 unspecified atom stereocenters. The largest absolute Gasteiger partial charge is 0.391 e. The van der Waals surface area contributed by atoms with Crippen molar-refractivity contribution in [1.82, 2.24) is 20.2 Å². The van der Waals surface area contributed by atoms with Crippen LogP contribution in [-0.2, 0) is 13.0 Å². The fourth-order valence-electron chi connectivity index (χ4n) is 3.16. The number of nitrogens with two attached hydrogens (primary N) is 1. The van der Waals surface area contributed by atoms with Crippen LogP contribution >= 0.6 is 0 Å². The van der Waals surface area contributed by atoms with Gasteiger partial charge in [0.1, 0.15) is 12.2 Å². The number of aryl methyl sites for hydroxylation is 1. The highest BCUT2D eigenvalue weighted by Gasteiger charge is 2.43. The number of nitrogens with one attached hydrogen (secondary N) is 1. The second kappa shape index (κ2) is 6.74. The second-order valence-corrected chi connectivity index (χ2v) is 5.63. The Bertz CT molecular complexity index is 445. The lowest BCUT2D eigenvalue weighted by Gasteiger charge is -2.35. The zero-order chi connectivity index (χ0) is 15.5. The Morgan fingerprint density at radius 3 is 2.86 bits per heavy atom. The molecule has 1 aliphatic carbocycles. The summed E-state index contributed by atoms with van der Waals surface area (Å²) in [5.74, 6) is 5.04. The number of alkyl halides is 3. The van der Waals surface area contributed by atoms with Gasteiger partial charge in [-0.05, 0) is 32.1 Å². The highest BCUT2D eigenvalue weighted by Crippen LogP contribution is 2.41. The summed E-state index contributed by atoms with van der Waals surface area (Å²) in [4.78, 5) is 4.17. The maximum absolute atomic E-state index is 12.9. The summed E-state index contributed by atoms with van der Waals surface area (Å²) in [7, 11) is 0. The molecule has 3 N–H and O–H groups in total. The molecule has 0 radical (unpaired) electrons. The number of hydrogen-bond donors (Lipinski definition) is 2. The van der Waals surface area contributed by atoms with Gasteiger partial charge in [0.05, 0.1) is 5.92 Å². The molecule has 2 rings (SSSR count). The Kier molecular flexibility index (Phi) is 5.21. The van der Waals surface area contributed by atoms with Gasteiger partial charge in [-0.15, -0.1) is 0 Å². The predicted octanol–water partition coefficient (Wildman–Crippen LogP) is 2.04. The van der Waals surface area contributed by atoms with Crippen LogP contribution in [-0.4, -0.2) is 27.0 Å². The summed E-state index contributed by atoms with van der Waals surface area (Å²) in [5, 5.41) is 4.08. The summed E-state index contributed by atoms with van der Waals surface area (Å²) >= 11 is 0. The second-order valence-electron chi connectivity index (χ2n) is 5.63. The molecular formula is C13H22F3N5. The SMILES string of the molecule is CCn1ncnc1CC(NN)C1CCCC(C(F)(F)F)C1. The molecule has 0 amide bonds. The van der Waals surface area contributed by atoms with Crippen molar-refractivity contribution >= 4 is 0 Å². The number of nitrogens with zero attached hydrogens (tertiary/aromatic N) is 3. The molecule has 120 valence electrons. The minimum atomic E-state index is -4.11. The molecule has 21 heavy (non-hydrogen) atoms. The van der Waals surface area contributed by atoms with Gasteiger partial charge in [0.15, 0.2) is 0 Å². The Labute approximate surface area is 122 Å². The van der Waals surface area contributed by atoms with Crippen LogP contribution in [0.15, 0.2) is 6.33 Å². The molecule has 1 aliphatic rings. The van der Waals surface area contributed by atoms with E-state index in [2.05, 4.69) is 15.5 Å². The van der Waals surface area contributed by atoms with E-state index in [1.807, 2.05) is 6.92 Å². The van der Waals surface area contributed by atoms with Gasteiger partial charge in [-0.3, -0.25) is 16.0 Å². The van der Waals surface area contributed by atoms with Gasteiger partial charge in [0, 0.05) is 19.0 Å². The number of halogens is 3. The topological polar surface area (TPSA) is 68.8 Å². The van der Waals surface area contributed by atoms with E-state index in [1.54, 1.807) is 4.68 Å². The molecule has 1 fully saturated rings. The molecule has 1 saturated carbocycles. The Hall–Kier alpha value is -1.15. The third-order valence-electron chi connectivity index (χ3n) is 4.36. The molecule has 1 heterocycles. The zero-order valence-electron chi connectivity index (χ0n) is 12.1.